The molecule has 5 heteroatoms. The third-order valence-electron chi connectivity index (χ3n) is 5.73. The van der Waals surface area contributed by atoms with Gasteiger partial charge in [-0.15, -0.1) is 0 Å². The molecule has 0 aromatic heterocycles. The SMILES string of the molecule is O=C(CC12CC3CC(CC(C3)C1)C2)NCC[C@H](O)C(=O)O. The number of hydrogen-bond acceptors (Lipinski definition) is 3. The summed E-state index contributed by atoms with van der Waals surface area (Å²) >= 11 is 0. The third kappa shape index (κ3) is 3.23. The van der Waals surface area contributed by atoms with Crippen LogP contribution in [-0.2, 0) is 9.59 Å². The Labute approximate surface area is 125 Å². The Hall–Kier alpha value is -1.10. The van der Waals surface area contributed by atoms with Gasteiger partial charge in [-0.3, -0.25) is 4.79 Å². The van der Waals surface area contributed by atoms with Crippen molar-refractivity contribution in [3.05, 3.63) is 0 Å². The number of carboxylic acids is 1. The Kier molecular flexibility index (Phi) is 3.95. The van der Waals surface area contributed by atoms with Crippen molar-refractivity contribution in [3.8, 4) is 0 Å². The number of amides is 1. The van der Waals surface area contributed by atoms with Crippen LogP contribution in [0.4, 0.5) is 0 Å². The first kappa shape index (κ1) is 14.8. The van der Waals surface area contributed by atoms with E-state index >= 15 is 0 Å². The maximum absolute atomic E-state index is 12.1. The van der Waals surface area contributed by atoms with E-state index in [1.807, 2.05) is 0 Å². The zero-order chi connectivity index (χ0) is 15.0. The van der Waals surface area contributed by atoms with E-state index in [1.165, 1.54) is 38.5 Å². The monoisotopic (exact) mass is 295 g/mol. The number of carboxylic acid groups (broad SMARTS) is 1. The van der Waals surface area contributed by atoms with Gasteiger partial charge < -0.3 is 15.5 Å². The lowest BCUT2D eigenvalue weighted by Crippen LogP contribution is -2.48. The fraction of sp³-hybridized carbons (Fsp3) is 0.875. The first-order valence-electron chi connectivity index (χ1n) is 8.13. The summed E-state index contributed by atoms with van der Waals surface area (Å²) in [4.78, 5) is 22.6. The molecule has 1 atom stereocenters. The van der Waals surface area contributed by atoms with Gasteiger partial charge in [-0.1, -0.05) is 0 Å². The van der Waals surface area contributed by atoms with Crippen LogP contribution in [0.15, 0.2) is 0 Å². The summed E-state index contributed by atoms with van der Waals surface area (Å²) in [6.45, 7) is 0.235. The molecule has 0 aromatic rings. The summed E-state index contributed by atoms with van der Waals surface area (Å²) in [7, 11) is 0. The molecule has 0 spiro atoms. The summed E-state index contributed by atoms with van der Waals surface area (Å²) in [5.41, 5.74) is 0.213. The number of aliphatic hydroxyl groups is 1. The maximum atomic E-state index is 12.1. The van der Waals surface area contributed by atoms with Crippen LogP contribution >= 0.6 is 0 Å². The molecule has 0 unspecified atom stereocenters. The van der Waals surface area contributed by atoms with Crippen LogP contribution < -0.4 is 5.32 Å². The van der Waals surface area contributed by atoms with Crippen LogP contribution in [0.2, 0.25) is 0 Å². The summed E-state index contributed by atoms with van der Waals surface area (Å²) < 4.78 is 0. The first-order chi connectivity index (χ1) is 9.96. The molecule has 118 valence electrons. The Morgan fingerprint density at radius 3 is 2.10 bits per heavy atom. The molecule has 1 amide bonds. The molecule has 0 radical (unpaired) electrons. The van der Waals surface area contributed by atoms with Crippen LogP contribution in [0.5, 0.6) is 0 Å². The van der Waals surface area contributed by atoms with E-state index in [0.717, 1.165) is 17.8 Å². The van der Waals surface area contributed by atoms with Crippen LogP contribution in [0, 0.1) is 23.2 Å². The van der Waals surface area contributed by atoms with Crippen molar-refractivity contribution in [1.29, 1.82) is 0 Å². The van der Waals surface area contributed by atoms with E-state index in [-0.39, 0.29) is 24.3 Å². The minimum atomic E-state index is -1.38. The Balaban J connectivity index is 1.48. The van der Waals surface area contributed by atoms with Crippen LogP contribution in [0.25, 0.3) is 0 Å². The van der Waals surface area contributed by atoms with E-state index in [2.05, 4.69) is 5.32 Å². The second kappa shape index (κ2) is 5.59. The van der Waals surface area contributed by atoms with Crippen molar-refractivity contribution in [1.82, 2.24) is 5.32 Å². The highest BCUT2D eigenvalue weighted by atomic mass is 16.4. The van der Waals surface area contributed by atoms with Gasteiger partial charge in [-0.2, -0.15) is 0 Å². The molecular weight excluding hydrogens is 270 g/mol. The lowest BCUT2D eigenvalue weighted by molar-refractivity contribution is -0.147. The molecule has 4 saturated carbocycles. The summed E-state index contributed by atoms with van der Waals surface area (Å²) in [6, 6.07) is 0. The van der Waals surface area contributed by atoms with Crippen LogP contribution in [-0.4, -0.2) is 34.7 Å². The predicted octanol–water partition coefficient (Wildman–Crippen LogP) is 1.54. The number of hydrogen-bond donors (Lipinski definition) is 3. The molecule has 0 aliphatic heterocycles. The zero-order valence-electron chi connectivity index (χ0n) is 12.4. The summed E-state index contributed by atoms with van der Waals surface area (Å²) in [6.07, 6.45) is 6.97. The lowest BCUT2D eigenvalue weighted by atomic mass is 9.49. The van der Waals surface area contributed by atoms with Crippen molar-refractivity contribution < 1.29 is 19.8 Å². The molecule has 4 bridgehead atoms. The van der Waals surface area contributed by atoms with Crippen molar-refractivity contribution in [2.24, 2.45) is 23.2 Å². The molecule has 4 aliphatic rings. The highest BCUT2D eigenvalue weighted by Gasteiger charge is 2.51. The number of carbonyl (C=O) groups is 2. The van der Waals surface area contributed by atoms with Gasteiger partial charge >= 0.3 is 5.97 Å². The molecule has 4 fully saturated rings. The summed E-state index contributed by atoms with van der Waals surface area (Å²) in [5, 5.41) is 20.6. The average molecular weight is 295 g/mol. The normalized spacial score (nSPS) is 38.2. The highest BCUT2D eigenvalue weighted by Crippen LogP contribution is 2.61. The van der Waals surface area contributed by atoms with E-state index in [9.17, 15) is 14.7 Å². The van der Waals surface area contributed by atoms with Crippen molar-refractivity contribution in [2.45, 2.75) is 57.5 Å². The molecule has 0 aromatic carbocycles. The summed E-state index contributed by atoms with van der Waals surface area (Å²) in [5.74, 6) is 1.29. The molecule has 4 aliphatic carbocycles. The van der Waals surface area contributed by atoms with Crippen molar-refractivity contribution >= 4 is 11.9 Å². The Morgan fingerprint density at radius 1 is 1.10 bits per heavy atom. The van der Waals surface area contributed by atoms with Gasteiger partial charge in [0.25, 0.3) is 0 Å². The van der Waals surface area contributed by atoms with E-state index in [0.29, 0.717) is 6.42 Å². The lowest BCUT2D eigenvalue weighted by Gasteiger charge is -2.56. The smallest absolute Gasteiger partial charge is 0.332 e. The third-order valence-corrected chi connectivity index (χ3v) is 5.73. The minimum absolute atomic E-state index is 0.0227. The predicted molar refractivity (Wildman–Crippen MR) is 76.5 cm³/mol. The standard InChI is InChI=1S/C16H25NO4/c18-13(15(20)21)1-2-17-14(19)9-16-6-10-3-11(7-16)5-12(4-10)8-16/h10-13,18H,1-9H2,(H,17,19)(H,20,21)/t10?,11?,12?,13-,16?/m0/s1. The van der Waals surface area contributed by atoms with Gasteiger partial charge in [0, 0.05) is 19.4 Å². The van der Waals surface area contributed by atoms with E-state index in [1.54, 1.807) is 0 Å². The molecule has 0 heterocycles. The second-order valence-electron chi connectivity index (χ2n) is 7.59. The number of rotatable bonds is 6. The zero-order valence-corrected chi connectivity index (χ0v) is 12.4. The molecule has 4 rings (SSSR count). The molecule has 5 nitrogen and oxygen atoms in total. The van der Waals surface area contributed by atoms with E-state index < -0.39 is 12.1 Å². The quantitative estimate of drug-likeness (QED) is 0.694. The Bertz CT molecular complexity index is 399. The van der Waals surface area contributed by atoms with Crippen LogP contribution in [0.3, 0.4) is 0 Å². The van der Waals surface area contributed by atoms with Gasteiger partial charge in [0.2, 0.25) is 5.91 Å². The van der Waals surface area contributed by atoms with Gasteiger partial charge in [0.1, 0.15) is 0 Å². The van der Waals surface area contributed by atoms with Crippen LogP contribution in [0.1, 0.15) is 51.4 Å². The van der Waals surface area contributed by atoms with Gasteiger partial charge in [-0.25, -0.2) is 4.79 Å². The number of aliphatic carboxylic acids is 1. The first-order valence-corrected chi connectivity index (χ1v) is 8.13. The maximum Gasteiger partial charge on any atom is 0.332 e. The molecule has 0 saturated heterocycles. The Morgan fingerprint density at radius 2 is 1.62 bits per heavy atom. The highest BCUT2D eigenvalue weighted by molar-refractivity contribution is 5.77. The minimum Gasteiger partial charge on any atom is -0.479 e. The fourth-order valence-corrected chi connectivity index (χ4v) is 5.38. The van der Waals surface area contributed by atoms with Gasteiger partial charge in [0.05, 0.1) is 0 Å². The van der Waals surface area contributed by atoms with Crippen molar-refractivity contribution in [3.63, 3.8) is 0 Å². The number of carbonyl (C=O) groups excluding carboxylic acids is 1. The average Bonchev–Trinajstić information content (AvgIpc) is 2.35. The van der Waals surface area contributed by atoms with Crippen molar-refractivity contribution in [2.75, 3.05) is 6.54 Å². The van der Waals surface area contributed by atoms with E-state index in [4.69, 9.17) is 5.11 Å². The fourth-order valence-electron chi connectivity index (χ4n) is 5.38. The number of nitrogens with one attached hydrogen (secondary N) is 1. The topological polar surface area (TPSA) is 86.6 Å². The molecule has 21 heavy (non-hydrogen) atoms. The number of aliphatic hydroxyl groups excluding tert-OH is 1. The molecular formula is C16H25NO4. The largest absolute Gasteiger partial charge is 0.479 e. The second-order valence-corrected chi connectivity index (χ2v) is 7.59. The molecule has 3 N–H and O–H groups in total. The van der Waals surface area contributed by atoms with Gasteiger partial charge in [-0.05, 0) is 61.7 Å². The van der Waals surface area contributed by atoms with Gasteiger partial charge in [0.15, 0.2) is 6.10 Å².